The van der Waals surface area contributed by atoms with Gasteiger partial charge in [0, 0.05) is 49.1 Å². The van der Waals surface area contributed by atoms with E-state index in [9.17, 15) is 14.4 Å². The summed E-state index contributed by atoms with van der Waals surface area (Å²) in [6.07, 6.45) is 1.36. The molecule has 2 aromatic rings. The number of rotatable bonds is 4. The Morgan fingerprint density at radius 2 is 1.62 bits per heavy atom. The smallest absolute Gasteiger partial charge is 0.324 e. The molecule has 1 aliphatic heterocycles. The van der Waals surface area contributed by atoms with Crippen molar-refractivity contribution in [3.05, 3.63) is 59.1 Å². The number of imide groups is 1. The van der Waals surface area contributed by atoms with Crippen LogP contribution in [0.3, 0.4) is 0 Å². The molecule has 0 saturated carbocycles. The molecule has 1 saturated heterocycles. The number of carbonyl (C=O) groups is 3. The normalized spacial score (nSPS) is 14.2. The molecule has 29 heavy (non-hydrogen) atoms. The van der Waals surface area contributed by atoms with Gasteiger partial charge in [-0.2, -0.15) is 0 Å². The number of ether oxygens (including phenoxy) is 1. The van der Waals surface area contributed by atoms with Crippen molar-refractivity contribution in [1.29, 1.82) is 0 Å². The largest absolute Gasteiger partial charge is 0.490 e. The summed E-state index contributed by atoms with van der Waals surface area (Å²) in [6, 6.07) is 13.1. The summed E-state index contributed by atoms with van der Waals surface area (Å²) in [5.74, 6) is 0.0694. The van der Waals surface area contributed by atoms with E-state index in [-0.39, 0.29) is 12.0 Å². The topological polar surface area (TPSA) is 87.7 Å². The fourth-order valence-electron chi connectivity index (χ4n) is 3.04. The van der Waals surface area contributed by atoms with Crippen LogP contribution in [0.25, 0.3) is 0 Å². The van der Waals surface area contributed by atoms with Gasteiger partial charge in [0.25, 0.3) is 5.91 Å². The highest BCUT2D eigenvalue weighted by Crippen LogP contribution is 2.21. The molecule has 0 atom stereocenters. The second kappa shape index (κ2) is 9.43. The van der Waals surface area contributed by atoms with Crippen LogP contribution in [-0.2, 0) is 4.79 Å². The lowest BCUT2D eigenvalue weighted by Gasteiger charge is -2.32. The van der Waals surface area contributed by atoms with Crippen molar-refractivity contribution >= 4 is 35.1 Å². The van der Waals surface area contributed by atoms with Crippen molar-refractivity contribution < 1.29 is 19.1 Å². The number of hydrogen-bond donors (Lipinski definition) is 2. The molecule has 0 aromatic heterocycles. The Hall–Kier alpha value is -3.06. The Kier molecular flexibility index (Phi) is 6.72. The molecule has 152 valence electrons. The highest BCUT2D eigenvalue weighted by Gasteiger charge is 2.25. The van der Waals surface area contributed by atoms with Crippen LogP contribution in [0.4, 0.5) is 10.5 Å². The minimum absolute atomic E-state index is 0.0113. The molecular formula is C21H22ClN3O4. The molecule has 0 spiro atoms. The molecule has 0 unspecified atom stereocenters. The van der Waals surface area contributed by atoms with E-state index in [1.54, 1.807) is 41.3 Å². The predicted octanol–water partition coefficient (Wildman–Crippen LogP) is 3.69. The predicted molar refractivity (Wildman–Crippen MR) is 110 cm³/mol. The van der Waals surface area contributed by atoms with Gasteiger partial charge < -0.3 is 15.0 Å². The van der Waals surface area contributed by atoms with E-state index >= 15 is 0 Å². The summed E-state index contributed by atoms with van der Waals surface area (Å²) in [6.45, 7) is 2.40. The molecule has 7 nitrogen and oxygen atoms in total. The lowest BCUT2D eigenvalue weighted by molar-refractivity contribution is -0.114. The van der Waals surface area contributed by atoms with Gasteiger partial charge in [-0.1, -0.05) is 11.6 Å². The molecule has 0 aliphatic carbocycles. The Labute approximate surface area is 174 Å². The summed E-state index contributed by atoms with van der Waals surface area (Å²) < 4.78 is 5.91. The maximum absolute atomic E-state index is 12.4. The zero-order valence-electron chi connectivity index (χ0n) is 16.0. The number of carbonyl (C=O) groups excluding carboxylic acids is 3. The molecule has 8 heteroatoms. The number of urea groups is 1. The first-order chi connectivity index (χ1) is 13.9. The van der Waals surface area contributed by atoms with E-state index in [4.69, 9.17) is 16.3 Å². The molecule has 2 N–H and O–H groups in total. The number of hydrogen-bond acceptors (Lipinski definition) is 4. The van der Waals surface area contributed by atoms with Crippen LogP contribution in [0.2, 0.25) is 5.02 Å². The van der Waals surface area contributed by atoms with Gasteiger partial charge in [-0.15, -0.1) is 0 Å². The highest BCUT2D eigenvalue weighted by molar-refractivity contribution is 6.30. The van der Waals surface area contributed by atoms with E-state index in [1.807, 2.05) is 12.1 Å². The van der Waals surface area contributed by atoms with Gasteiger partial charge in [0.05, 0.1) is 0 Å². The van der Waals surface area contributed by atoms with Crippen molar-refractivity contribution in [1.82, 2.24) is 10.2 Å². The molecular weight excluding hydrogens is 394 g/mol. The summed E-state index contributed by atoms with van der Waals surface area (Å²) in [7, 11) is 0. The second-order valence-corrected chi connectivity index (χ2v) is 7.21. The molecule has 1 fully saturated rings. The van der Waals surface area contributed by atoms with Crippen molar-refractivity contribution in [3.63, 3.8) is 0 Å². The van der Waals surface area contributed by atoms with Gasteiger partial charge in [-0.3, -0.25) is 14.9 Å². The second-order valence-electron chi connectivity index (χ2n) is 6.78. The number of nitrogens with one attached hydrogen (secondary N) is 2. The lowest BCUT2D eigenvalue weighted by atomic mass is 10.1. The summed E-state index contributed by atoms with van der Waals surface area (Å²) in [5, 5.41) is 5.68. The Morgan fingerprint density at radius 3 is 2.21 bits per heavy atom. The maximum Gasteiger partial charge on any atom is 0.324 e. The number of halogens is 1. The van der Waals surface area contributed by atoms with E-state index in [1.165, 1.54) is 6.92 Å². The van der Waals surface area contributed by atoms with E-state index in [2.05, 4.69) is 10.6 Å². The third-order valence-electron chi connectivity index (χ3n) is 4.53. The summed E-state index contributed by atoms with van der Waals surface area (Å²) >= 11 is 5.87. The average Bonchev–Trinajstić information content (AvgIpc) is 2.70. The van der Waals surface area contributed by atoms with Gasteiger partial charge in [0.1, 0.15) is 11.9 Å². The van der Waals surface area contributed by atoms with E-state index < -0.39 is 11.9 Å². The van der Waals surface area contributed by atoms with Gasteiger partial charge in [0.2, 0.25) is 5.91 Å². The minimum Gasteiger partial charge on any atom is -0.490 e. The summed E-state index contributed by atoms with van der Waals surface area (Å²) in [5.41, 5.74) is 0.927. The highest BCUT2D eigenvalue weighted by atomic mass is 35.5. The minimum atomic E-state index is -0.482. The lowest BCUT2D eigenvalue weighted by Crippen LogP contribution is -2.48. The first-order valence-electron chi connectivity index (χ1n) is 9.31. The van der Waals surface area contributed by atoms with Crippen molar-refractivity contribution in [2.24, 2.45) is 0 Å². The fraction of sp³-hybridized carbons (Fsp3) is 0.286. The van der Waals surface area contributed by atoms with E-state index in [0.29, 0.717) is 42.2 Å². The maximum atomic E-state index is 12.4. The summed E-state index contributed by atoms with van der Waals surface area (Å²) in [4.78, 5) is 37.3. The van der Waals surface area contributed by atoms with Crippen LogP contribution in [0.5, 0.6) is 5.75 Å². The monoisotopic (exact) mass is 415 g/mol. The third kappa shape index (κ3) is 5.96. The number of nitrogens with zero attached hydrogens (tertiary/aromatic N) is 1. The standard InChI is InChI=1S/C21H22ClN3O4/c1-14(26)23-17-6-2-15(3-7-17)20(27)24-21(28)25-12-10-19(11-13-25)29-18-8-4-16(22)5-9-18/h2-9,19H,10-13H2,1H3,(H,23,26)(H,24,27,28). The molecule has 1 aliphatic rings. The van der Waals surface area contributed by atoms with Gasteiger partial charge in [-0.05, 0) is 48.5 Å². The molecule has 1 heterocycles. The Morgan fingerprint density at radius 1 is 1.00 bits per heavy atom. The van der Waals surface area contributed by atoms with Crippen LogP contribution in [0.1, 0.15) is 30.1 Å². The number of amides is 4. The molecule has 3 rings (SSSR count). The average molecular weight is 416 g/mol. The van der Waals surface area contributed by atoms with Gasteiger partial charge in [-0.25, -0.2) is 4.79 Å². The van der Waals surface area contributed by atoms with Crippen LogP contribution < -0.4 is 15.4 Å². The Bertz CT molecular complexity index is 876. The van der Waals surface area contributed by atoms with Crippen molar-refractivity contribution in [2.45, 2.75) is 25.9 Å². The SMILES string of the molecule is CC(=O)Nc1ccc(C(=O)NC(=O)N2CCC(Oc3ccc(Cl)cc3)CC2)cc1. The molecule has 4 amide bonds. The molecule has 0 bridgehead atoms. The third-order valence-corrected chi connectivity index (χ3v) is 4.79. The number of likely N-dealkylation sites (tertiary alicyclic amines) is 1. The van der Waals surface area contributed by atoms with Gasteiger partial charge >= 0.3 is 6.03 Å². The fourth-order valence-corrected chi connectivity index (χ4v) is 3.16. The Balaban J connectivity index is 1.47. The van der Waals surface area contributed by atoms with E-state index in [0.717, 1.165) is 5.75 Å². The van der Waals surface area contributed by atoms with Crippen molar-refractivity contribution in [3.8, 4) is 5.75 Å². The zero-order chi connectivity index (χ0) is 20.8. The molecule has 2 aromatic carbocycles. The quantitative estimate of drug-likeness (QED) is 0.797. The van der Waals surface area contributed by atoms with Crippen LogP contribution in [-0.4, -0.2) is 41.9 Å². The zero-order valence-corrected chi connectivity index (χ0v) is 16.7. The van der Waals surface area contributed by atoms with Crippen LogP contribution in [0, 0.1) is 0 Å². The van der Waals surface area contributed by atoms with Crippen LogP contribution in [0.15, 0.2) is 48.5 Å². The van der Waals surface area contributed by atoms with Crippen LogP contribution >= 0.6 is 11.6 Å². The van der Waals surface area contributed by atoms with Crippen molar-refractivity contribution in [2.75, 3.05) is 18.4 Å². The number of piperidine rings is 1. The van der Waals surface area contributed by atoms with Gasteiger partial charge in [0.15, 0.2) is 0 Å². The first kappa shape index (κ1) is 20.7. The first-order valence-corrected chi connectivity index (χ1v) is 9.68. The molecule has 0 radical (unpaired) electrons. The number of benzene rings is 2. The number of anilines is 1.